The summed E-state index contributed by atoms with van der Waals surface area (Å²) in [6, 6.07) is 24.0. The zero-order chi connectivity index (χ0) is 20.1. The summed E-state index contributed by atoms with van der Waals surface area (Å²) in [7, 11) is -1.67. The summed E-state index contributed by atoms with van der Waals surface area (Å²) >= 11 is 5.87. The predicted molar refractivity (Wildman–Crippen MR) is 115 cm³/mol. The third-order valence-corrected chi connectivity index (χ3v) is 6.38. The average molecular weight is 415 g/mol. The SMILES string of the molecule is Cc1ccc(N(C)C(CNS(=O)(=O)c2ccc(Cl)cc2)c2ccccc2)cc1. The Kier molecular flexibility index (Phi) is 6.39. The molecular formula is C22H23ClN2O2S. The van der Waals surface area contributed by atoms with Crippen LogP contribution in [0.5, 0.6) is 0 Å². The van der Waals surface area contributed by atoms with Crippen LogP contribution < -0.4 is 9.62 Å². The summed E-state index contributed by atoms with van der Waals surface area (Å²) in [4.78, 5) is 2.28. The van der Waals surface area contributed by atoms with Crippen LogP contribution in [0.3, 0.4) is 0 Å². The second-order valence-electron chi connectivity index (χ2n) is 6.68. The van der Waals surface area contributed by atoms with Gasteiger partial charge in [0.15, 0.2) is 0 Å². The van der Waals surface area contributed by atoms with Gasteiger partial charge in [0.25, 0.3) is 0 Å². The number of anilines is 1. The number of benzene rings is 3. The first-order chi connectivity index (χ1) is 13.4. The van der Waals surface area contributed by atoms with Crippen molar-refractivity contribution >= 4 is 27.3 Å². The standard InChI is InChI=1S/C22H23ClN2O2S/c1-17-8-12-20(13-9-17)25(2)22(18-6-4-3-5-7-18)16-24-28(26,27)21-14-10-19(23)11-15-21/h3-15,22,24H,16H2,1-2H3. The van der Waals surface area contributed by atoms with Crippen molar-refractivity contribution in [3.05, 3.63) is 95.0 Å². The minimum absolute atomic E-state index is 0.161. The van der Waals surface area contributed by atoms with Crippen molar-refractivity contribution in [3.8, 4) is 0 Å². The molecule has 0 aliphatic carbocycles. The van der Waals surface area contributed by atoms with Gasteiger partial charge in [0.2, 0.25) is 10.0 Å². The number of sulfonamides is 1. The molecule has 3 rings (SSSR count). The Morgan fingerprint density at radius 2 is 1.54 bits per heavy atom. The lowest BCUT2D eigenvalue weighted by Crippen LogP contribution is -2.36. The molecule has 3 aromatic rings. The Bertz CT molecular complexity index is 1000. The summed E-state index contributed by atoms with van der Waals surface area (Å²) < 4.78 is 28.2. The summed E-state index contributed by atoms with van der Waals surface area (Å²) in [5.74, 6) is 0. The van der Waals surface area contributed by atoms with Gasteiger partial charge in [-0.15, -0.1) is 0 Å². The Hall–Kier alpha value is -2.34. The molecule has 0 amide bonds. The second-order valence-corrected chi connectivity index (χ2v) is 8.88. The summed E-state index contributed by atoms with van der Waals surface area (Å²) in [6.07, 6.45) is 0. The first-order valence-electron chi connectivity index (χ1n) is 8.96. The summed E-state index contributed by atoms with van der Waals surface area (Å²) in [5.41, 5.74) is 3.23. The van der Waals surface area contributed by atoms with Gasteiger partial charge in [0.1, 0.15) is 0 Å². The van der Waals surface area contributed by atoms with Gasteiger partial charge in [-0.25, -0.2) is 13.1 Å². The average Bonchev–Trinajstić information content (AvgIpc) is 2.69. The molecule has 28 heavy (non-hydrogen) atoms. The molecule has 1 atom stereocenters. The van der Waals surface area contributed by atoms with Crippen molar-refractivity contribution in [2.75, 3.05) is 18.5 Å². The van der Waals surface area contributed by atoms with Gasteiger partial charge in [-0.2, -0.15) is 0 Å². The monoisotopic (exact) mass is 414 g/mol. The van der Waals surface area contributed by atoms with Crippen molar-refractivity contribution in [2.45, 2.75) is 17.9 Å². The number of rotatable bonds is 7. The largest absolute Gasteiger partial charge is 0.366 e. The van der Waals surface area contributed by atoms with E-state index in [1.54, 1.807) is 12.1 Å². The molecule has 0 aliphatic heterocycles. The molecule has 0 heterocycles. The number of nitrogens with zero attached hydrogens (tertiary/aromatic N) is 1. The lowest BCUT2D eigenvalue weighted by atomic mass is 10.0. The van der Waals surface area contributed by atoms with Crippen molar-refractivity contribution < 1.29 is 8.42 Å². The van der Waals surface area contributed by atoms with Crippen LogP contribution in [0.4, 0.5) is 5.69 Å². The number of hydrogen-bond donors (Lipinski definition) is 1. The van der Waals surface area contributed by atoms with E-state index in [1.807, 2.05) is 68.6 Å². The number of aryl methyl sites for hydroxylation is 1. The molecule has 1 N–H and O–H groups in total. The highest BCUT2D eigenvalue weighted by atomic mass is 35.5. The molecule has 0 saturated heterocycles. The van der Waals surface area contributed by atoms with Gasteiger partial charge in [0, 0.05) is 24.3 Å². The minimum Gasteiger partial charge on any atom is -0.366 e. The van der Waals surface area contributed by atoms with E-state index in [0.29, 0.717) is 5.02 Å². The maximum atomic E-state index is 12.7. The van der Waals surface area contributed by atoms with E-state index in [-0.39, 0.29) is 17.5 Å². The van der Waals surface area contributed by atoms with Crippen LogP contribution >= 0.6 is 11.6 Å². The van der Waals surface area contributed by atoms with E-state index in [4.69, 9.17) is 11.6 Å². The molecule has 0 spiro atoms. The summed E-state index contributed by atoms with van der Waals surface area (Å²) in [5, 5.41) is 0.500. The van der Waals surface area contributed by atoms with Crippen LogP contribution in [-0.2, 0) is 10.0 Å². The molecule has 0 aliphatic rings. The first kappa shape index (κ1) is 20.4. The Morgan fingerprint density at radius 1 is 0.929 bits per heavy atom. The zero-order valence-electron chi connectivity index (χ0n) is 15.8. The minimum atomic E-state index is -3.64. The molecule has 0 aromatic heterocycles. The lowest BCUT2D eigenvalue weighted by Gasteiger charge is -2.31. The van der Waals surface area contributed by atoms with E-state index < -0.39 is 10.0 Å². The second kappa shape index (κ2) is 8.78. The van der Waals surface area contributed by atoms with E-state index in [9.17, 15) is 8.42 Å². The number of nitrogens with one attached hydrogen (secondary N) is 1. The predicted octanol–water partition coefficient (Wildman–Crippen LogP) is 4.80. The summed E-state index contributed by atoms with van der Waals surface area (Å²) in [6.45, 7) is 2.28. The molecule has 0 radical (unpaired) electrons. The number of hydrogen-bond acceptors (Lipinski definition) is 3. The Balaban J connectivity index is 1.85. The molecular weight excluding hydrogens is 392 g/mol. The van der Waals surface area contributed by atoms with Crippen LogP contribution in [0.25, 0.3) is 0 Å². The van der Waals surface area contributed by atoms with Crippen LogP contribution in [0.1, 0.15) is 17.2 Å². The maximum absolute atomic E-state index is 12.7. The van der Waals surface area contributed by atoms with Crippen molar-refractivity contribution in [1.29, 1.82) is 0 Å². The molecule has 4 nitrogen and oxygen atoms in total. The highest BCUT2D eigenvalue weighted by Gasteiger charge is 2.21. The molecule has 6 heteroatoms. The van der Waals surface area contributed by atoms with E-state index in [2.05, 4.69) is 9.62 Å². The molecule has 0 saturated carbocycles. The maximum Gasteiger partial charge on any atom is 0.240 e. The van der Waals surface area contributed by atoms with Crippen LogP contribution in [-0.4, -0.2) is 22.0 Å². The number of likely N-dealkylation sites (N-methyl/N-ethyl adjacent to an activating group) is 1. The Labute approximate surface area is 171 Å². The fraction of sp³-hybridized carbons (Fsp3) is 0.182. The van der Waals surface area contributed by atoms with E-state index in [0.717, 1.165) is 11.3 Å². The zero-order valence-corrected chi connectivity index (χ0v) is 17.4. The normalized spacial score (nSPS) is 12.5. The van der Waals surface area contributed by atoms with E-state index >= 15 is 0 Å². The van der Waals surface area contributed by atoms with Crippen LogP contribution in [0.15, 0.2) is 83.8 Å². The topological polar surface area (TPSA) is 49.4 Å². The van der Waals surface area contributed by atoms with Crippen LogP contribution in [0, 0.1) is 6.92 Å². The molecule has 3 aromatic carbocycles. The van der Waals surface area contributed by atoms with Gasteiger partial charge < -0.3 is 4.90 Å². The lowest BCUT2D eigenvalue weighted by molar-refractivity contribution is 0.567. The van der Waals surface area contributed by atoms with Gasteiger partial charge in [-0.1, -0.05) is 59.6 Å². The Morgan fingerprint density at radius 3 is 2.14 bits per heavy atom. The fourth-order valence-electron chi connectivity index (χ4n) is 3.00. The smallest absolute Gasteiger partial charge is 0.240 e. The van der Waals surface area contributed by atoms with Crippen molar-refractivity contribution in [1.82, 2.24) is 4.72 Å². The fourth-order valence-corrected chi connectivity index (χ4v) is 4.16. The third kappa shape index (κ3) is 4.93. The first-order valence-corrected chi connectivity index (χ1v) is 10.8. The molecule has 146 valence electrons. The van der Waals surface area contributed by atoms with Gasteiger partial charge in [0.05, 0.1) is 10.9 Å². The van der Waals surface area contributed by atoms with E-state index in [1.165, 1.54) is 17.7 Å². The van der Waals surface area contributed by atoms with Crippen LogP contribution in [0.2, 0.25) is 5.02 Å². The third-order valence-electron chi connectivity index (χ3n) is 4.68. The highest BCUT2D eigenvalue weighted by Crippen LogP contribution is 2.26. The quantitative estimate of drug-likeness (QED) is 0.603. The molecule has 1 unspecified atom stereocenters. The molecule has 0 bridgehead atoms. The van der Waals surface area contributed by atoms with Gasteiger partial charge in [-0.3, -0.25) is 0 Å². The van der Waals surface area contributed by atoms with Crippen molar-refractivity contribution in [2.24, 2.45) is 0 Å². The van der Waals surface area contributed by atoms with Gasteiger partial charge in [-0.05, 0) is 48.9 Å². The molecule has 0 fully saturated rings. The highest BCUT2D eigenvalue weighted by molar-refractivity contribution is 7.89. The van der Waals surface area contributed by atoms with Crippen molar-refractivity contribution in [3.63, 3.8) is 0 Å². The van der Waals surface area contributed by atoms with Gasteiger partial charge >= 0.3 is 0 Å². The number of halogens is 1.